The van der Waals surface area contributed by atoms with Crippen molar-refractivity contribution >= 4 is 26.8 Å². The van der Waals surface area contributed by atoms with E-state index in [0.717, 1.165) is 28.3 Å². The summed E-state index contributed by atoms with van der Waals surface area (Å²) in [5, 5.41) is 0.868. The van der Waals surface area contributed by atoms with Crippen molar-refractivity contribution in [2.75, 3.05) is 6.26 Å². The normalized spacial score (nSPS) is 11.5. The highest BCUT2D eigenvalue weighted by Crippen LogP contribution is 2.29. The summed E-state index contributed by atoms with van der Waals surface area (Å²) in [6, 6.07) is 14.8. The van der Waals surface area contributed by atoms with Gasteiger partial charge in [0.25, 0.3) is 5.91 Å². The summed E-state index contributed by atoms with van der Waals surface area (Å²) in [4.78, 5) is 15.1. The summed E-state index contributed by atoms with van der Waals surface area (Å²) in [5.74, 6) is -0.635. The lowest BCUT2D eigenvalue weighted by atomic mass is 10.0. The largest absolute Gasteiger partial charge is 0.361 e. The van der Waals surface area contributed by atoms with E-state index in [1.807, 2.05) is 41.3 Å². The zero-order valence-corrected chi connectivity index (χ0v) is 12.6. The fraction of sp³-hybridized carbons (Fsp3) is 0.0625. The van der Waals surface area contributed by atoms with E-state index in [9.17, 15) is 13.2 Å². The Kier molecular flexibility index (Phi) is 3.46. The number of fused-ring (bicyclic) bond motifs is 1. The Labute approximate surface area is 128 Å². The minimum Gasteiger partial charge on any atom is -0.361 e. The van der Waals surface area contributed by atoms with E-state index in [1.165, 1.54) is 0 Å². The van der Waals surface area contributed by atoms with Crippen molar-refractivity contribution in [2.45, 2.75) is 0 Å². The van der Waals surface area contributed by atoms with Gasteiger partial charge in [0.15, 0.2) is 0 Å². The van der Waals surface area contributed by atoms with E-state index < -0.39 is 15.9 Å². The zero-order chi connectivity index (χ0) is 15.7. The van der Waals surface area contributed by atoms with Crippen LogP contribution in [-0.4, -0.2) is 25.6 Å². The van der Waals surface area contributed by atoms with Crippen LogP contribution < -0.4 is 4.72 Å². The van der Waals surface area contributed by atoms with Crippen LogP contribution >= 0.6 is 0 Å². The van der Waals surface area contributed by atoms with Crippen molar-refractivity contribution in [3.8, 4) is 11.1 Å². The summed E-state index contributed by atoms with van der Waals surface area (Å²) in [6.07, 6.45) is 2.83. The first-order valence-corrected chi connectivity index (χ1v) is 8.52. The highest BCUT2D eigenvalue weighted by Gasteiger charge is 2.13. The molecule has 0 spiro atoms. The van der Waals surface area contributed by atoms with Gasteiger partial charge >= 0.3 is 0 Å². The fourth-order valence-corrected chi connectivity index (χ4v) is 2.80. The summed E-state index contributed by atoms with van der Waals surface area (Å²) in [5.41, 5.74) is 3.17. The van der Waals surface area contributed by atoms with Crippen LogP contribution in [0, 0.1) is 0 Å². The minimum absolute atomic E-state index is 0.301. The summed E-state index contributed by atoms with van der Waals surface area (Å²) >= 11 is 0. The van der Waals surface area contributed by atoms with E-state index in [2.05, 4.69) is 4.98 Å². The molecule has 1 aromatic heterocycles. The molecule has 0 aliphatic heterocycles. The lowest BCUT2D eigenvalue weighted by Crippen LogP contribution is -2.29. The van der Waals surface area contributed by atoms with Gasteiger partial charge in [-0.1, -0.05) is 30.3 Å². The maximum Gasteiger partial charge on any atom is 0.264 e. The maximum absolute atomic E-state index is 12.0. The molecule has 0 unspecified atom stereocenters. The maximum atomic E-state index is 12.0. The second-order valence-electron chi connectivity index (χ2n) is 5.03. The average molecular weight is 314 g/mol. The molecule has 0 radical (unpaired) electrons. The van der Waals surface area contributed by atoms with Crippen LogP contribution in [0.5, 0.6) is 0 Å². The van der Waals surface area contributed by atoms with Crippen LogP contribution in [-0.2, 0) is 10.0 Å². The standard InChI is InChI=1S/C16H14N2O3S/c1-22(20,21)18-16(19)12-7-8-15-13(9-12)14(10-17-15)11-5-3-2-4-6-11/h2-10,17H,1H3,(H,18,19). The van der Waals surface area contributed by atoms with Gasteiger partial charge in [0.1, 0.15) is 0 Å². The van der Waals surface area contributed by atoms with Gasteiger partial charge in [0.2, 0.25) is 10.0 Å². The molecule has 0 bridgehead atoms. The Hall–Kier alpha value is -2.60. The number of rotatable bonds is 3. The smallest absolute Gasteiger partial charge is 0.264 e. The van der Waals surface area contributed by atoms with E-state index in [-0.39, 0.29) is 0 Å². The highest BCUT2D eigenvalue weighted by molar-refractivity contribution is 7.89. The van der Waals surface area contributed by atoms with E-state index in [1.54, 1.807) is 18.2 Å². The number of aromatic amines is 1. The molecule has 6 heteroatoms. The third kappa shape index (κ3) is 2.87. The average Bonchev–Trinajstić information content (AvgIpc) is 2.89. The van der Waals surface area contributed by atoms with Gasteiger partial charge in [-0.3, -0.25) is 4.79 Å². The quantitative estimate of drug-likeness (QED) is 0.779. The topological polar surface area (TPSA) is 79.0 Å². The van der Waals surface area contributed by atoms with E-state index >= 15 is 0 Å². The molecule has 3 aromatic rings. The Bertz CT molecular complexity index is 944. The van der Waals surface area contributed by atoms with Crippen molar-refractivity contribution in [2.24, 2.45) is 0 Å². The van der Waals surface area contributed by atoms with Crippen LogP contribution in [0.2, 0.25) is 0 Å². The number of carbonyl (C=O) groups is 1. The van der Waals surface area contributed by atoms with E-state index in [4.69, 9.17) is 0 Å². The van der Waals surface area contributed by atoms with Crippen molar-refractivity contribution in [1.82, 2.24) is 9.71 Å². The number of carbonyl (C=O) groups excluding carboxylic acids is 1. The first-order valence-electron chi connectivity index (χ1n) is 6.63. The molecule has 0 fully saturated rings. The number of hydrogen-bond donors (Lipinski definition) is 2. The molecule has 22 heavy (non-hydrogen) atoms. The Morgan fingerprint density at radius 2 is 1.82 bits per heavy atom. The molecular weight excluding hydrogens is 300 g/mol. The summed E-state index contributed by atoms with van der Waals surface area (Å²) in [7, 11) is -3.58. The minimum atomic E-state index is -3.58. The van der Waals surface area contributed by atoms with Crippen molar-refractivity contribution in [1.29, 1.82) is 0 Å². The number of amides is 1. The number of hydrogen-bond acceptors (Lipinski definition) is 3. The predicted octanol–water partition coefficient (Wildman–Crippen LogP) is 2.52. The zero-order valence-electron chi connectivity index (χ0n) is 11.8. The second kappa shape index (κ2) is 5.31. The summed E-state index contributed by atoms with van der Waals surface area (Å²) < 4.78 is 24.3. The first kappa shape index (κ1) is 14.3. The number of H-pyrrole nitrogens is 1. The molecule has 2 aromatic carbocycles. The first-order chi connectivity index (χ1) is 10.4. The molecule has 1 heterocycles. The van der Waals surface area contributed by atoms with Gasteiger partial charge < -0.3 is 4.98 Å². The highest BCUT2D eigenvalue weighted by atomic mass is 32.2. The lowest BCUT2D eigenvalue weighted by molar-refractivity contribution is 0.0982. The molecule has 0 atom stereocenters. The lowest BCUT2D eigenvalue weighted by Gasteiger charge is -2.04. The monoisotopic (exact) mass is 314 g/mol. The molecule has 0 saturated carbocycles. The van der Waals surface area contributed by atoms with E-state index in [0.29, 0.717) is 5.56 Å². The third-order valence-corrected chi connectivity index (χ3v) is 3.86. The molecule has 3 rings (SSSR count). The molecular formula is C16H14N2O3S. The van der Waals surface area contributed by atoms with Crippen LogP contribution in [0.25, 0.3) is 22.0 Å². The van der Waals surface area contributed by atoms with Gasteiger partial charge in [-0.25, -0.2) is 13.1 Å². The molecule has 2 N–H and O–H groups in total. The Morgan fingerprint density at radius 3 is 2.50 bits per heavy atom. The fourth-order valence-electron chi connectivity index (χ4n) is 2.35. The number of aromatic nitrogens is 1. The number of benzene rings is 2. The molecule has 5 nitrogen and oxygen atoms in total. The molecule has 0 aliphatic rings. The SMILES string of the molecule is CS(=O)(=O)NC(=O)c1ccc2[nH]cc(-c3ccccc3)c2c1. The van der Waals surface area contributed by atoms with Crippen molar-refractivity contribution in [3.05, 3.63) is 60.3 Å². The predicted molar refractivity (Wildman–Crippen MR) is 86.0 cm³/mol. The van der Waals surface area contributed by atoms with Crippen LogP contribution in [0.4, 0.5) is 0 Å². The number of nitrogens with one attached hydrogen (secondary N) is 2. The van der Waals surface area contributed by atoms with Gasteiger partial charge in [0, 0.05) is 28.2 Å². The van der Waals surface area contributed by atoms with Gasteiger partial charge in [-0.15, -0.1) is 0 Å². The van der Waals surface area contributed by atoms with Gasteiger partial charge in [-0.2, -0.15) is 0 Å². The van der Waals surface area contributed by atoms with Crippen LogP contribution in [0.1, 0.15) is 10.4 Å². The molecule has 0 saturated heterocycles. The van der Waals surface area contributed by atoms with Crippen molar-refractivity contribution < 1.29 is 13.2 Å². The molecule has 0 aliphatic carbocycles. The summed E-state index contributed by atoms with van der Waals surface area (Å²) in [6.45, 7) is 0. The van der Waals surface area contributed by atoms with Gasteiger partial charge in [0.05, 0.1) is 6.26 Å². The number of sulfonamides is 1. The molecule has 1 amide bonds. The second-order valence-corrected chi connectivity index (χ2v) is 6.78. The Balaban J connectivity index is 2.08. The third-order valence-electron chi connectivity index (χ3n) is 3.31. The van der Waals surface area contributed by atoms with Crippen LogP contribution in [0.15, 0.2) is 54.7 Å². The van der Waals surface area contributed by atoms with Crippen molar-refractivity contribution in [3.63, 3.8) is 0 Å². The Morgan fingerprint density at radius 1 is 1.09 bits per heavy atom. The van der Waals surface area contributed by atoms with Gasteiger partial charge in [-0.05, 0) is 23.8 Å². The molecule has 112 valence electrons. The van der Waals surface area contributed by atoms with Crippen LogP contribution in [0.3, 0.4) is 0 Å².